The Labute approximate surface area is 174 Å². The van der Waals surface area contributed by atoms with E-state index in [0.717, 1.165) is 0 Å². The van der Waals surface area contributed by atoms with Crippen LogP contribution in [0.2, 0.25) is 0 Å². The maximum absolute atomic E-state index is 14.2. The molecule has 33 heavy (non-hydrogen) atoms. The molecule has 3 nitrogen and oxygen atoms in total. The monoisotopic (exact) mass is 525 g/mol. The Balaban J connectivity index is 6.76. The smallest absolute Gasteiger partial charge is 0.460 e. The Bertz CT molecular complexity index is 727. The minimum atomic E-state index is -8.40. The summed E-state index contributed by atoms with van der Waals surface area (Å²) in [7, 11) is 0.460. The van der Waals surface area contributed by atoms with Gasteiger partial charge < -0.3 is 10.1 Å². The van der Waals surface area contributed by atoms with Gasteiger partial charge in [0.1, 0.15) is 0 Å². The summed E-state index contributed by atoms with van der Waals surface area (Å²) < 4.78 is 203. The molecule has 0 spiro atoms. The lowest BCUT2D eigenvalue weighted by molar-refractivity contribution is -0.450. The van der Waals surface area contributed by atoms with Gasteiger partial charge in [-0.25, -0.2) is 4.79 Å². The molecule has 0 amide bonds. The lowest BCUT2D eigenvalue weighted by atomic mass is 9.90. The average Bonchev–Trinajstić information content (AvgIpc) is 2.65. The molecule has 0 heterocycles. The highest BCUT2D eigenvalue weighted by Crippen LogP contribution is 2.62. The molecule has 0 radical (unpaired) electrons. The standard InChI is InChI=1S/C15H14F15NO2/c1-3-4-5-31-7(6-8(32)33-2)9(16,17)10(18,19)11(20,21)12(22,23)13(24,25)14(26,27)15(28,29)30/h6,31H,3-5H2,1-2H3/b7-6-. The normalized spacial score (nSPS) is 15.5. The van der Waals surface area contributed by atoms with E-state index in [1.54, 1.807) is 0 Å². The van der Waals surface area contributed by atoms with Gasteiger partial charge in [-0.3, -0.25) is 0 Å². The third kappa shape index (κ3) is 4.93. The van der Waals surface area contributed by atoms with Crippen molar-refractivity contribution < 1.29 is 75.4 Å². The third-order valence-electron chi connectivity index (χ3n) is 3.98. The maximum atomic E-state index is 14.2. The second-order valence-corrected chi connectivity index (χ2v) is 6.31. The maximum Gasteiger partial charge on any atom is 0.460 e. The van der Waals surface area contributed by atoms with Crippen molar-refractivity contribution >= 4 is 5.97 Å². The first-order valence-electron chi connectivity index (χ1n) is 8.29. The molecule has 0 atom stereocenters. The number of ether oxygens (including phenoxy) is 1. The number of hydrogen-bond acceptors (Lipinski definition) is 3. The van der Waals surface area contributed by atoms with E-state index in [0.29, 0.717) is 7.11 Å². The summed E-state index contributed by atoms with van der Waals surface area (Å²) in [6.45, 7) is 0.574. The molecule has 0 fully saturated rings. The molecule has 0 saturated carbocycles. The van der Waals surface area contributed by atoms with E-state index in [9.17, 15) is 70.7 Å². The molecule has 0 aromatic carbocycles. The van der Waals surface area contributed by atoms with Crippen LogP contribution >= 0.6 is 0 Å². The van der Waals surface area contributed by atoms with Crippen LogP contribution < -0.4 is 5.32 Å². The van der Waals surface area contributed by atoms with Crippen molar-refractivity contribution in [3.8, 4) is 0 Å². The molecule has 0 unspecified atom stereocenters. The fourth-order valence-corrected chi connectivity index (χ4v) is 1.97. The minimum absolute atomic E-state index is 0.118. The van der Waals surface area contributed by atoms with E-state index in [1.165, 1.54) is 12.2 Å². The number of esters is 1. The van der Waals surface area contributed by atoms with Gasteiger partial charge in [-0.05, 0) is 6.42 Å². The summed E-state index contributed by atoms with van der Waals surface area (Å²) in [6.07, 6.45) is -8.40. The van der Waals surface area contributed by atoms with E-state index in [4.69, 9.17) is 0 Å². The molecule has 0 aromatic heterocycles. The first kappa shape index (κ1) is 31.0. The Kier molecular flexibility index (Phi) is 8.73. The fourth-order valence-electron chi connectivity index (χ4n) is 1.97. The molecule has 0 aliphatic carbocycles. The van der Waals surface area contributed by atoms with E-state index < -0.39 is 66.0 Å². The summed E-state index contributed by atoms with van der Waals surface area (Å²) in [5, 5.41) is 1.29. The lowest BCUT2D eigenvalue weighted by Gasteiger charge is -2.41. The SMILES string of the molecule is CCCCN/C(=C\C(=O)OC)C(F)(F)C(F)(F)C(F)(F)C(F)(F)C(F)(F)C(F)(F)C(F)(F)F. The summed E-state index contributed by atoms with van der Waals surface area (Å²) >= 11 is 0. The molecule has 196 valence electrons. The van der Waals surface area contributed by atoms with Gasteiger partial charge in [-0.1, -0.05) is 13.3 Å². The number of rotatable bonds is 11. The number of carbonyl (C=O) groups excluding carboxylic acids is 1. The zero-order valence-corrected chi connectivity index (χ0v) is 16.2. The first-order valence-corrected chi connectivity index (χ1v) is 8.29. The molecule has 1 N–H and O–H groups in total. The largest absolute Gasteiger partial charge is 0.466 e. The zero-order valence-electron chi connectivity index (χ0n) is 16.2. The van der Waals surface area contributed by atoms with Gasteiger partial charge in [0.05, 0.1) is 12.8 Å². The predicted octanol–water partition coefficient (Wildman–Crippen LogP) is 5.81. The van der Waals surface area contributed by atoms with Crippen molar-refractivity contribution in [2.45, 2.75) is 61.5 Å². The average molecular weight is 525 g/mol. The summed E-state index contributed by atoms with van der Waals surface area (Å²) in [6, 6.07) is 0. The molecule has 0 aliphatic heterocycles. The van der Waals surface area contributed by atoms with Gasteiger partial charge in [0.2, 0.25) is 0 Å². The van der Waals surface area contributed by atoms with Gasteiger partial charge in [-0.2, -0.15) is 65.9 Å². The molecule has 0 aliphatic rings. The van der Waals surface area contributed by atoms with Crippen molar-refractivity contribution in [1.29, 1.82) is 0 Å². The van der Waals surface area contributed by atoms with Crippen LogP contribution in [0.5, 0.6) is 0 Å². The van der Waals surface area contributed by atoms with Crippen molar-refractivity contribution in [1.82, 2.24) is 5.32 Å². The molecular formula is C15H14F15NO2. The molecule has 0 rings (SSSR count). The Hall–Kier alpha value is -2.04. The van der Waals surface area contributed by atoms with E-state index in [-0.39, 0.29) is 12.8 Å². The molecular weight excluding hydrogens is 511 g/mol. The van der Waals surface area contributed by atoms with Crippen LogP contribution in [-0.4, -0.2) is 61.3 Å². The topological polar surface area (TPSA) is 38.3 Å². The highest BCUT2D eigenvalue weighted by Gasteiger charge is 2.93. The van der Waals surface area contributed by atoms with Crippen LogP contribution in [0.4, 0.5) is 65.9 Å². The lowest BCUT2D eigenvalue weighted by Crippen LogP contribution is -2.73. The Morgan fingerprint density at radius 2 is 1.12 bits per heavy atom. The van der Waals surface area contributed by atoms with Crippen molar-refractivity contribution in [3.05, 3.63) is 11.8 Å². The Morgan fingerprint density at radius 3 is 1.48 bits per heavy atom. The molecule has 0 bridgehead atoms. The zero-order chi connectivity index (χ0) is 26.9. The van der Waals surface area contributed by atoms with E-state index >= 15 is 0 Å². The summed E-state index contributed by atoms with van der Waals surface area (Å²) in [5.74, 6) is -49.5. The van der Waals surface area contributed by atoms with E-state index in [1.807, 2.05) is 0 Å². The van der Waals surface area contributed by atoms with Gasteiger partial charge >= 0.3 is 47.7 Å². The van der Waals surface area contributed by atoms with Crippen LogP contribution in [0.1, 0.15) is 19.8 Å². The number of allylic oxidation sites excluding steroid dienone is 1. The predicted molar refractivity (Wildman–Crippen MR) is 78.7 cm³/mol. The summed E-state index contributed by atoms with van der Waals surface area (Å²) in [5.41, 5.74) is -2.59. The number of carbonyl (C=O) groups is 1. The fraction of sp³-hybridized carbons (Fsp3) is 0.800. The molecule has 0 saturated heterocycles. The van der Waals surface area contributed by atoms with E-state index in [2.05, 4.69) is 4.74 Å². The van der Waals surface area contributed by atoms with Crippen LogP contribution in [0, 0.1) is 0 Å². The molecule has 0 aromatic rings. The van der Waals surface area contributed by atoms with Crippen LogP contribution in [0.15, 0.2) is 11.8 Å². The molecule has 18 heteroatoms. The number of halogens is 15. The third-order valence-corrected chi connectivity index (χ3v) is 3.98. The van der Waals surface area contributed by atoms with Gasteiger partial charge in [0.25, 0.3) is 0 Å². The van der Waals surface area contributed by atoms with Gasteiger partial charge in [0.15, 0.2) is 0 Å². The van der Waals surface area contributed by atoms with Crippen molar-refractivity contribution in [3.63, 3.8) is 0 Å². The van der Waals surface area contributed by atoms with Crippen molar-refractivity contribution in [2.24, 2.45) is 0 Å². The number of hydrogen-bond donors (Lipinski definition) is 1. The van der Waals surface area contributed by atoms with Crippen molar-refractivity contribution in [2.75, 3.05) is 13.7 Å². The van der Waals surface area contributed by atoms with Crippen LogP contribution in [-0.2, 0) is 9.53 Å². The number of methoxy groups -OCH3 is 1. The quantitative estimate of drug-likeness (QED) is 0.160. The van der Waals surface area contributed by atoms with Gasteiger partial charge in [0, 0.05) is 12.6 Å². The van der Waals surface area contributed by atoms with Gasteiger partial charge in [-0.15, -0.1) is 0 Å². The summed E-state index contributed by atoms with van der Waals surface area (Å²) in [4.78, 5) is 11.1. The second kappa shape index (κ2) is 9.31. The highest BCUT2D eigenvalue weighted by atomic mass is 19.4. The second-order valence-electron chi connectivity index (χ2n) is 6.31. The number of nitrogens with one attached hydrogen (secondary N) is 1. The number of alkyl halides is 15. The number of unbranched alkanes of at least 4 members (excludes halogenated alkanes) is 1. The van der Waals surface area contributed by atoms with Crippen LogP contribution in [0.25, 0.3) is 0 Å². The first-order chi connectivity index (χ1) is 14.4. The Morgan fingerprint density at radius 1 is 0.727 bits per heavy atom. The van der Waals surface area contributed by atoms with Crippen LogP contribution in [0.3, 0.4) is 0 Å². The minimum Gasteiger partial charge on any atom is -0.466 e. The highest BCUT2D eigenvalue weighted by molar-refractivity contribution is 5.82.